The van der Waals surface area contributed by atoms with E-state index in [1.165, 1.54) is 11.3 Å². The Balaban J connectivity index is 2.24. The van der Waals surface area contributed by atoms with Gasteiger partial charge in [0.25, 0.3) is 10.0 Å². The van der Waals surface area contributed by atoms with Gasteiger partial charge in [0.1, 0.15) is 9.96 Å². The zero-order valence-electron chi connectivity index (χ0n) is 12.1. The molecule has 0 aliphatic rings. The highest BCUT2D eigenvalue weighted by Gasteiger charge is 2.18. The molecule has 1 aromatic carbocycles. The van der Waals surface area contributed by atoms with Crippen molar-refractivity contribution in [1.82, 2.24) is 5.32 Å². The van der Waals surface area contributed by atoms with Gasteiger partial charge >= 0.3 is 0 Å². The number of anilines is 1. The summed E-state index contributed by atoms with van der Waals surface area (Å²) in [6, 6.07) is 6.90. The second-order valence-corrected chi connectivity index (χ2v) is 7.41. The molecule has 21 heavy (non-hydrogen) atoms. The van der Waals surface area contributed by atoms with E-state index in [-0.39, 0.29) is 0 Å². The van der Waals surface area contributed by atoms with Crippen LogP contribution in [0.25, 0.3) is 0 Å². The molecule has 7 heteroatoms. The van der Waals surface area contributed by atoms with Crippen molar-refractivity contribution in [3.63, 3.8) is 0 Å². The summed E-state index contributed by atoms with van der Waals surface area (Å²) >= 11 is 1.21. The van der Waals surface area contributed by atoms with Gasteiger partial charge in [-0.3, -0.25) is 4.72 Å². The Morgan fingerprint density at radius 3 is 2.67 bits per heavy atom. The van der Waals surface area contributed by atoms with Crippen LogP contribution in [0.5, 0.6) is 5.75 Å². The number of rotatable bonds is 6. The molecule has 0 amide bonds. The van der Waals surface area contributed by atoms with Crippen LogP contribution in [0.15, 0.2) is 33.9 Å². The summed E-state index contributed by atoms with van der Waals surface area (Å²) in [6.45, 7) is 2.48. The quantitative estimate of drug-likeness (QED) is 0.856. The number of nitrogens with one attached hydrogen (secondary N) is 2. The van der Waals surface area contributed by atoms with Gasteiger partial charge in [-0.15, -0.1) is 11.3 Å². The third kappa shape index (κ3) is 3.75. The lowest BCUT2D eigenvalue weighted by Crippen LogP contribution is -2.12. The third-order valence-corrected chi connectivity index (χ3v) is 5.81. The lowest BCUT2D eigenvalue weighted by molar-refractivity contribution is 0.414. The molecule has 114 valence electrons. The molecule has 1 aromatic heterocycles. The molecule has 0 saturated carbocycles. The lowest BCUT2D eigenvalue weighted by Gasteiger charge is -2.10. The molecule has 5 nitrogen and oxygen atoms in total. The molecule has 2 aromatic rings. The average molecular weight is 326 g/mol. The zero-order valence-corrected chi connectivity index (χ0v) is 13.8. The first-order chi connectivity index (χ1) is 9.96. The first-order valence-corrected chi connectivity index (χ1v) is 8.72. The smallest absolute Gasteiger partial charge is 0.271 e. The number of sulfonamides is 1. The van der Waals surface area contributed by atoms with E-state index >= 15 is 0 Å². The number of hydrogen-bond donors (Lipinski definition) is 2. The van der Waals surface area contributed by atoms with E-state index in [0.717, 1.165) is 11.1 Å². The van der Waals surface area contributed by atoms with Crippen LogP contribution in [0.4, 0.5) is 5.69 Å². The van der Waals surface area contributed by atoms with Gasteiger partial charge in [0.05, 0.1) is 12.8 Å². The van der Waals surface area contributed by atoms with E-state index in [4.69, 9.17) is 4.74 Å². The number of thiophene rings is 1. The van der Waals surface area contributed by atoms with Crippen LogP contribution in [0.2, 0.25) is 0 Å². The molecule has 0 fully saturated rings. The highest BCUT2D eigenvalue weighted by atomic mass is 32.2. The Kier molecular flexibility index (Phi) is 4.87. The molecular weight excluding hydrogens is 308 g/mol. The van der Waals surface area contributed by atoms with Crippen LogP contribution in [-0.2, 0) is 16.6 Å². The predicted octanol–water partition coefficient (Wildman–Crippen LogP) is 2.59. The first-order valence-electron chi connectivity index (χ1n) is 6.35. The van der Waals surface area contributed by atoms with Crippen LogP contribution >= 0.6 is 11.3 Å². The SMILES string of the molecule is CNCc1csc(S(=O)(=O)Nc2ccc(OC)cc2C)c1. The van der Waals surface area contributed by atoms with Gasteiger partial charge in [0.15, 0.2) is 0 Å². The van der Waals surface area contributed by atoms with Gasteiger partial charge < -0.3 is 10.1 Å². The third-order valence-electron chi connectivity index (χ3n) is 2.95. The fourth-order valence-corrected chi connectivity index (χ4v) is 4.20. The van der Waals surface area contributed by atoms with Crippen LogP contribution in [-0.4, -0.2) is 22.6 Å². The van der Waals surface area contributed by atoms with Crippen molar-refractivity contribution in [2.45, 2.75) is 17.7 Å². The summed E-state index contributed by atoms with van der Waals surface area (Å²) in [5.74, 6) is 0.697. The van der Waals surface area contributed by atoms with Gasteiger partial charge in [-0.05, 0) is 54.7 Å². The standard InChI is InChI=1S/C14H18N2O3S2/c1-10-6-12(19-3)4-5-13(10)16-21(17,18)14-7-11(8-15-2)9-20-14/h4-7,9,15-16H,8H2,1-3H3. The monoisotopic (exact) mass is 326 g/mol. The number of hydrogen-bond acceptors (Lipinski definition) is 5. The van der Waals surface area contributed by atoms with Crippen LogP contribution in [0.3, 0.4) is 0 Å². The van der Waals surface area contributed by atoms with Crippen molar-refractivity contribution >= 4 is 27.0 Å². The molecule has 0 radical (unpaired) electrons. The van der Waals surface area contributed by atoms with E-state index in [1.54, 1.807) is 31.4 Å². The Bertz CT molecular complexity index is 724. The van der Waals surface area contributed by atoms with Gasteiger partial charge in [-0.1, -0.05) is 0 Å². The largest absolute Gasteiger partial charge is 0.497 e. The van der Waals surface area contributed by atoms with Crippen molar-refractivity contribution in [3.05, 3.63) is 40.8 Å². The summed E-state index contributed by atoms with van der Waals surface area (Å²) in [5, 5.41) is 4.84. The summed E-state index contributed by atoms with van der Waals surface area (Å²) in [7, 11) is -0.152. The molecule has 0 aliphatic carbocycles. The maximum atomic E-state index is 12.4. The molecule has 2 rings (SSSR count). The van der Waals surface area contributed by atoms with Crippen molar-refractivity contribution in [1.29, 1.82) is 0 Å². The predicted molar refractivity (Wildman–Crippen MR) is 85.6 cm³/mol. The summed E-state index contributed by atoms with van der Waals surface area (Å²) in [6.07, 6.45) is 0. The molecule has 0 spiro atoms. The van der Waals surface area contributed by atoms with E-state index in [2.05, 4.69) is 10.0 Å². The van der Waals surface area contributed by atoms with Gasteiger partial charge in [0, 0.05) is 6.54 Å². The van der Waals surface area contributed by atoms with Crippen LogP contribution in [0.1, 0.15) is 11.1 Å². The number of ether oxygens (including phenoxy) is 1. The fraction of sp³-hybridized carbons (Fsp3) is 0.286. The summed E-state index contributed by atoms with van der Waals surface area (Å²) in [5.41, 5.74) is 2.32. The van der Waals surface area contributed by atoms with Gasteiger partial charge in [-0.2, -0.15) is 0 Å². The second-order valence-electron chi connectivity index (χ2n) is 4.59. The summed E-state index contributed by atoms with van der Waals surface area (Å²) < 4.78 is 32.8. The Labute approximate surface area is 129 Å². The molecule has 0 atom stereocenters. The molecule has 0 saturated heterocycles. The van der Waals surface area contributed by atoms with Crippen LogP contribution in [0, 0.1) is 6.92 Å². The zero-order chi connectivity index (χ0) is 15.5. The minimum absolute atomic E-state index is 0.308. The van der Waals surface area contributed by atoms with Gasteiger partial charge in [-0.25, -0.2) is 8.42 Å². The molecule has 0 aliphatic heterocycles. The normalized spacial score (nSPS) is 11.4. The number of methoxy groups -OCH3 is 1. The minimum Gasteiger partial charge on any atom is -0.497 e. The maximum absolute atomic E-state index is 12.4. The summed E-state index contributed by atoms with van der Waals surface area (Å²) in [4.78, 5) is 0. The van der Waals surface area contributed by atoms with E-state index < -0.39 is 10.0 Å². The van der Waals surface area contributed by atoms with E-state index in [1.807, 2.05) is 19.4 Å². The number of benzene rings is 1. The minimum atomic E-state index is -3.55. The van der Waals surface area contributed by atoms with Crippen molar-refractivity contribution in [2.24, 2.45) is 0 Å². The second kappa shape index (κ2) is 6.46. The van der Waals surface area contributed by atoms with Gasteiger partial charge in [0.2, 0.25) is 0 Å². The van der Waals surface area contributed by atoms with E-state index in [9.17, 15) is 8.42 Å². The highest BCUT2D eigenvalue weighted by Crippen LogP contribution is 2.26. The lowest BCUT2D eigenvalue weighted by atomic mass is 10.2. The fourth-order valence-electron chi connectivity index (χ4n) is 1.86. The molecular formula is C14H18N2O3S2. The Hall–Kier alpha value is -1.57. The number of aryl methyl sites for hydroxylation is 1. The van der Waals surface area contributed by atoms with Crippen LogP contribution < -0.4 is 14.8 Å². The Morgan fingerprint density at radius 1 is 1.29 bits per heavy atom. The first kappa shape index (κ1) is 15.8. The maximum Gasteiger partial charge on any atom is 0.271 e. The van der Waals surface area contributed by atoms with Crippen molar-refractivity contribution < 1.29 is 13.2 Å². The molecule has 0 unspecified atom stereocenters. The molecule has 0 bridgehead atoms. The van der Waals surface area contributed by atoms with Crippen molar-refractivity contribution in [2.75, 3.05) is 18.9 Å². The van der Waals surface area contributed by atoms with E-state index in [0.29, 0.717) is 22.2 Å². The Morgan fingerprint density at radius 2 is 2.05 bits per heavy atom. The topological polar surface area (TPSA) is 67.4 Å². The van der Waals surface area contributed by atoms with Crippen molar-refractivity contribution in [3.8, 4) is 5.75 Å². The molecule has 2 N–H and O–H groups in total. The average Bonchev–Trinajstić information content (AvgIpc) is 2.91. The molecule has 1 heterocycles. The highest BCUT2D eigenvalue weighted by molar-refractivity contribution is 7.94.